The van der Waals surface area contributed by atoms with Crippen molar-refractivity contribution in [3.63, 3.8) is 0 Å². The minimum absolute atomic E-state index is 0.203. The van der Waals surface area contributed by atoms with Crippen LogP contribution in [0.1, 0.15) is 26.7 Å². The van der Waals surface area contributed by atoms with Gasteiger partial charge in [0, 0.05) is 6.42 Å². The van der Waals surface area contributed by atoms with Gasteiger partial charge in [-0.15, -0.1) is 0 Å². The van der Waals surface area contributed by atoms with Gasteiger partial charge in [0.1, 0.15) is 18.3 Å². The maximum absolute atomic E-state index is 11.3. The lowest BCUT2D eigenvalue weighted by molar-refractivity contribution is -0.195. The summed E-state index contributed by atoms with van der Waals surface area (Å²) in [7, 11) is 0. The minimum Gasteiger partial charge on any atom is -0.394 e. The summed E-state index contributed by atoms with van der Waals surface area (Å²) in [5.74, 6) is -0.203. The second kappa shape index (κ2) is 6.30. The molecule has 6 nitrogen and oxygen atoms in total. The SMILES string of the molecule is CCC(=O)N[C@H]1C(CC)O[C@H](CO)[C@H](O)[C@@H]1O. The molecule has 1 heterocycles. The average Bonchev–Trinajstić information content (AvgIpc) is 2.35. The Labute approximate surface area is 101 Å². The van der Waals surface area contributed by atoms with Crippen LogP contribution >= 0.6 is 0 Å². The van der Waals surface area contributed by atoms with Gasteiger partial charge in [-0.2, -0.15) is 0 Å². The van der Waals surface area contributed by atoms with Gasteiger partial charge in [0.25, 0.3) is 0 Å². The van der Waals surface area contributed by atoms with Crippen LogP contribution in [0.5, 0.6) is 0 Å². The van der Waals surface area contributed by atoms with Crippen molar-refractivity contribution in [2.45, 2.75) is 57.1 Å². The molecule has 1 saturated heterocycles. The first-order valence-electron chi connectivity index (χ1n) is 5.96. The van der Waals surface area contributed by atoms with Crippen molar-refractivity contribution >= 4 is 5.91 Å². The summed E-state index contributed by atoms with van der Waals surface area (Å²) in [5.41, 5.74) is 0. The molecule has 1 fully saturated rings. The molecule has 17 heavy (non-hydrogen) atoms. The van der Waals surface area contributed by atoms with Crippen LogP contribution in [0.4, 0.5) is 0 Å². The van der Waals surface area contributed by atoms with E-state index in [9.17, 15) is 15.0 Å². The lowest BCUT2D eigenvalue weighted by atomic mass is 9.91. The first kappa shape index (κ1) is 14.4. The van der Waals surface area contributed by atoms with E-state index in [1.807, 2.05) is 6.92 Å². The summed E-state index contributed by atoms with van der Waals surface area (Å²) >= 11 is 0. The molecular formula is C11H21NO5. The largest absolute Gasteiger partial charge is 0.394 e. The first-order valence-corrected chi connectivity index (χ1v) is 5.96. The summed E-state index contributed by atoms with van der Waals surface area (Å²) in [6, 6.07) is -0.634. The number of aliphatic hydroxyl groups is 3. The zero-order valence-electron chi connectivity index (χ0n) is 10.2. The van der Waals surface area contributed by atoms with Crippen LogP contribution in [-0.4, -0.2) is 58.3 Å². The molecular weight excluding hydrogens is 226 g/mol. The van der Waals surface area contributed by atoms with Crippen molar-refractivity contribution in [3.05, 3.63) is 0 Å². The fraction of sp³-hybridized carbons (Fsp3) is 0.909. The number of carbonyl (C=O) groups is 1. The van der Waals surface area contributed by atoms with Gasteiger partial charge in [0.05, 0.1) is 18.8 Å². The van der Waals surface area contributed by atoms with Gasteiger partial charge in [-0.3, -0.25) is 4.79 Å². The van der Waals surface area contributed by atoms with Gasteiger partial charge < -0.3 is 25.4 Å². The van der Waals surface area contributed by atoms with Crippen molar-refractivity contribution in [3.8, 4) is 0 Å². The van der Waals surface area contributed by atoms with E-state index in [-0.39, 0.29) is 12.5 Å². The van der Waals surface area contributed by atoms with E-state index in [4.69, 9.17) is 9.84 Å². The second-order valence-electron chi connectivity index (χ2n) is 4.23. The van der Waals surface area contributed by atoms with E-state index >= 15 is 0 Å². The zero-order chi connectivity index (χ0) is 13.0. The zero-order valence-corrected chi connectivity index (χ0v) is 10.2. The molecule has 6 heteroatoms. The molecule has 1 aliphatic heterocycles. The smallest absolute Gasteiger partial charge is 0.220 e. The number of rotatable bonds is 4. The molecule has 1 rings (SSSR count). The van der Waals surface area contributed by atoms with E-state index in [0.717, 1.165) is 0 Å². The summed E-state index contributed by atoms with van der Waals surface area (Å²) < 4.78 is 5.45. The molecule has 1 unspecified atom stereocenters. The highest BCUT2D eigenvalue weighted by atomic mass is 16.5. The lowest BCUT2D eigenvalue weighted by Crippen LogP contribution is -2.63. The fourth-order valence-electron chi connectivity index (χ4n) is 2.01. The third-order valence-corrected chi connectivity index (χ3v) is 3.08. The Morgan fingerprint density at radius 2 is 1.88 bits per heavy atom. The minimum atomic E-state index is -1.19. The Hall–Kier alpha value is -0.690. The van der Waals surface area contributed by atoms with Crippen molar-refractivity contribution in [2.24, 2.45) is 0 Å². The number of carbonyl (C=O) groups excluding carboxylic acids is 1. The van der Waals surface area contributed by atoms with Crippen LogP contribution in [-0.2, 0) is 9.53 Å². The molecule has 0 aliphatic carbocycles. The quantitative estimate of drug-likeness (QED) is 0.499. The standard InChI is InChI=1S/C11H21NO5/c1-3-6-9(12-8(14)4-2)11(16)10(15)7(5-13)17-6/h6-7,9-11,13,15-16H,3-5H2,1-2H3,(H,12,14)/t6?,7-,9+,10+,11-/m1/s1. The Balaban J connectivity index is 2.75. The monoisotopic (exact) mass is 247 g/mol. The van der Waals surface area contributed by atoms with Crippen LogP contribution in [0.15, 0.2) is 0 Å². The molecule has 0 saturated carbocycles. The Morgan fingerprint density at radius 1 is 1.24 bits per heavy atom. The number of hydrogen-bond acceptors (Lipinski definition) is 5. The molecule has 0 radical (unpaired) electrons. The molecule has 100 valence electrons. The third kappa shape index (κ3) is 3.16. The lowest BCUT2D eigenvalue weighted by Gasteiger charge is -2.42. The van der Waals surface area contributed by atoms with Crippen LogP contribution in [0, 0.1) is 0 Å². The van der Waals surface area contributed by atoms with E-state index < -0.39 is 30.5 Å². The van der Waals surface area contributed by atoms with Crippen molar-refractivity contribution in [1.29, 1.82) is 0 Å². The predicted molar refractivity (Wildman–Crippen MR) is 60.3 cm³/mol. The molecule has 0 aromatic rings. The average molecular weight is 247 g/mol. The van der Waals surface area contributed by atoms with E-state index in [0.29, 0.717) is 12.8 Å². The normalized spacial score (nSPS) is 37.8. The van der Waals surface area contributed by atoms with Crippen LogP contribution < -0.4 is 5.32 Å². The molecule has 0 bridgehead atoms. The van der Waals surface area contributed by atoms with Crippen LogP contribution in [0.25, 0.3) is 0 Å². The number of amides is 1. The molecule has 0 aromatic carbocycles. The maximum atomic E-state index is 11.3. The van der Waals surface area contributed by atoms with Crippen LogP contribution in [0.3, 0.4) is 0 Å². The number of nitrogens with one attached hydrogen (secondary N) is 1. The van der Waals surface area contributed by atoms with Gasteiger partial charge in [-0.05, 0) is 6.42 Å². The van der Waals surface area contributed by atoms with Crippen molar-refractivity contribution < 1.29 is 24.9 Å². The van der Waals surface area contributed by atoms with Gasteiger partial charge >= 0.3 is 0 Å². The number of hydrogen-bond donors (Lipinski definition) is 4. The number of ether oxygens (including phenoxy) is 1. The van der Waals surface area contributed by atoms with E-state index in [1.54, 1.807) is 6.92 Å². The molecule has 4 N–H and O–H groups in total. The van der Waals surface area contributed by atoms with Gasteiger partial charge in [-0.25, -0.2) is 0 Å². The maximum Gasteiger partial charge on any atom is 0.220 e. The molecule has 1 aliphatic rings. The van der Waals surface area contributed by atoms with Gasteiger partial charge in [0.2, 0.25) is 5.91 Å². The highest BCUT2D eigenvalue weighted by Gasteiger charge is 2.43. The highest BCUT2D eigenvalue weighted by Crippen LogP contribution is 2.23. The summed E-state index contributed by atoms with van der Waals surface area (Å²) in [4.78, 5) is 11.3. The first-order chi connectivity index (χ1) is 8.04. The third-order valence-electron chi connectivity index (χ3n) is 3.08. The van der Waals surface area contributed by atoms with Crippen molar-refractivity contribution in [1.82, 2.24) is 5.32 Å². The van der Waals surface area contributed by atoms with Gasteiger partial charge in [-0.1, -0.05) is 13.8 Å². The second-order valence-corrected chi connectivity index (χ2v) is 4.23. The molecule has 1 amide bonds. The topological polar surface area (TPSA) is 99.0 Å². The highest BCUT2D eigenvalue weighted by molar-refractivity contribution is 5.76. The molecule has 0 aromatic heterocycles. The predicted octanol–water partition coefficient (Wildman–Crippen LogP) is -1.23. The molecule has 0 spiro atoms. The Kier molecular flexibility index (Phi) is 5.32. The summed E-state index contributed by atoms with van der Waals surface area (Å²) in [5, 5.41) is 31.3. The summed E-state index contributed by atoms with van der Waals surface area (Å²) in [6.07, 6.45) is -2.63. The van der Waals surface area contributed by atoms with E-state index in [2.05, 4.69) is 5.32 Å². The van der Waals surface area contributed by atoms with Gasteiger partial charge in [0.15, 0.2) is 0 Å². The van der Waals surface area contributed by atoms with E-state index in [1.165, 1.54) is 0 Å². The van der Waals surface area contributed by atoms with Crippen LogP contribution in [0.2, 0.25) is 0 Å². The molecule has 5 atom stereocenters. The Bertz CT molecular complexity index is 258. The number of aliphatic hydroxyl groups excluding tert-OH is 3. The fourth-order valence-corrected chi connectivity index (χ4v) is 2.01. The summed E-state index contributed by atoms with van der Waals surface area (Å²) in [6.45, 7) is 3.21. The van der Waals surface area contributed by atoms with Crippen molar-refractivity contribution in [2.75, 3.05) is 6.61 Å². The Morgan fingerprint density at radius 3 is 2.35 bits per heavy atom.